The summed E-state index contributed by atoms with van der Waals surface area (Å²) in [4.78, 5) is 33.6. The third-order valence-corrected chi connectivity index (χ3v) is 2.91. The van der Waals surface area contributed by atoms with Crippen molar-refractivity contribution in [2.24, 2.45) is 0 Å². The van der Waals surface area contributed by atoms with Gasteiger partial charge < -0.3 is 18.9 Å². The summed E-state index contributed by atoms with van der Waals surface area (Å²) in [7, 11) is 0. The Labute approximate surface area is 117 Å². The fourth-order valence-corrected chi connectivity index (χ4v) is 2.25. The summed E-state index contributed by atoms with van der Waals surface area (Å²) in [6.45, 7) is 7.13. The fourth-order valence-electron chi connectivity index (χ4n) is 2.25. The van der Waals surface area contributed by atoms with E-state index in [1.54, 1.807) is 13.8 Å². The van der Waals surface area contributed by atoms with Gasteiger partial charge in [0.2, 0.25) is 0 Å². The van der Waals surface area contributed by atoms with E-state index in [1.165, 1.54) is 20.8 Å². The molecule has 0 aromatic rings. The molecule has 1 fully saturated rings. The second-order valence-corrected chi connectivity index (χ2v) is 4.77. The molecule has 1 aliphatic heterocycles. The van der Waals surface area contributed by atoms with E-state index in [-0.39, 0.29) is 0 Å². The molecule has 0 amide bonds. The molecule has 0 spiro atoms. The summed E-state index contributed by atoms with van der Waals surface area (Å²) in [6.07, 6.45) is -3.50. The highest BCUT2D eigenvalue weighted by atomic mass is 16.6. The van der Waals surface area contributed by atoms with Crippen LogP contribution in [0.4, 0.5) is 0 Å². The number of ether oxygens (including phenoxy) is 4. The van der Waals surface area contributed by atoms with Crippen LogP contribution in [0.3, 0.4) is 0 Å². The molecule has 7 heteroatoms. The van der Waals surface area contributed by atoms with Crippen molar-refractivity contribution in [1.82, 2.24) is 0 Å². The minimum Gasteiger partial charge on any atom is -0.456 e. The first-order valence-electron chi connectivity index (χ1n) is 6.39. The predicted octanol–water partition coefficient (Wildman–Crippen LogP) is 0.589. The zero-order valence-corrected chi connectivity index (χ0v) is 12.2. The lowest BCUT2D eigenvalue weighted by Gasteiger charge is -2.42. The standard InChI is InChI=1S/C13H20O7/c1-6-11(18-8(3)14)13(20-10(5)16)12(7(2)17-6)19-9(4)15/h6-7,11-13H,1-5H3. The number of carbonyl (C=O) groups is 3. The van der Waals surface area contributed by atoms with E-state index >= 15 is 0 Å². The molecule has 0 bridgehead atoms. The molecule has 0 aromatic heterocycles. The van der Waals surface area contributed by atoms with Crippen LogP contribution < -0.4 is 0 Å². The van der Waals surface area contributed by atoms with Gasteiger partial charge in [0.15, 0.2) is 18.3 Å². The van der Waals surface area contributed by atoms with Gasteiger partial charge in [0, 0.05) is 20.8 Å². The van der Waals surface area contributed by atoms with Crippen LogP contribution in [0.1, 0.15) is 34.6 Å². The van der Waals surface area contributed by atoms with Crippen LogP contribution >= 0.6 is 0 Å². The number of hydrogen-bond donors (Lipinski definition) is 0. The van der Waals surface area contributed by atoms with Gasteiger partial charge in [-0.15, -0.1) is 0 Å². The number of hydrogen-bond acceptors (Lipinski definition) is 7. The van der Waals surface area contributed by atoms with Crippen LogP contribution in [-0.4, -0.2) is 48.4 Å². The number of carbonyl (C=O) groups excluding carboxylic acids is 3. The first kappa shape index (κ1) is 16.4. The van der Waals surface area contributed by atoms with Crippen molar-refractivity contribution in [1.29, 1.82) is 0 Å². The molecule has 0 aliphatic carbocycles. The molecule has 20 heavy (non-hydrogen) atoms. The smallest absolute Gasteiger partial charge is 0.303 e. The lowest BCUT2D eigenvalue weighted by molar-refractivity contribution is -0.240. The van der Waals surface area contributed by atoms with Crippen LogP contribution in [-0.2, 0) is 33.3 Å². The highest BCUT2D eigenvalue weighted by Gasteiger charge is 2.48. The van der Waals surface area contributed by atoms with Gasteiger partial charge in [0.25, 0.3) is 0 Å². The van der Waals surface area contributed by atoms with Crippen LogP contribution in [0, 0.1) is 0 Å². The van der Waals surface area contributed by atoms with E-state index in [0.29, 0.717) is 0 Å². The highest BCUT2D eigenvalue weighted by Crippen LogP contribution is 2.28. The lowest BCUT2D eigenvalue weighted by Crippen LogP contribution is -2.59. The van der Waals surface area contributed by atoms with Gasteiger partial charge in [-0.3, -0.25) is 14.4 Å². The Kier molecular flexibility index (Phi) is 5.50. The van der Waals surface area contributed by atoms with Crippen LogP contribution in [0.25, 0.3) is 0 Å². The van der Waals surface area contributed by atoms with Gasteiger partial charge in [0.05, 0.1) is 12.2 Å². The Bertz CT molecular complexity index is 364. The van der Waals surface area contributed by atoms with Gasteiger partial charge in [-0.05, 0) is 13.8 Å². The fraction of sp³-hybridized carbons (Fsp3) is 0.769. The van der Waals surface area contributed by atoms with Gasteiger partial charge in [-0.1, -0.05) is 0 Å². The molecule has 114 valence electrons. The lowest BCUT2D eigenvalue weighted by atomic mass is 9.95. The molecule has 0 N–H and O–H groups in total. The van der Waals surface area contributed by atoms with Crippen molar-refractivity contribution < 1.29 is 33.3 Å². The zero-order chi connectivity index (χ0) is 15.4. The second kappa shape index (κ2) is 6.69. The molecule has 1 saturated heterocycles. The molecule has 0 radical (unpaired) electrons. The van der Waals surface area contributed by atoms with Crippen molar-refractivity contribution in [2.75, 3.05) is 0 Å². The maximum atomic E-state index is 11.2. The Morgan fingerprint density at radius 2 is 1.00 bits per heavy atom. The summed E-state index contributed by atoms with van der Waals surface area (Å²) in [5, 5.41) is 0. The van der Waals surface area contributed by atoms with Gasteiger partial charge in [-0.25, -0.2) is 0 Å². The maximum absolute atomic E-state index is 11.2. The van der Waals surface area contributed by atoms with Crippen molar-refractivity contribution in [3.05, 3.63) is 0 Å². The van der Waals surface area contributed by atoms with E-state index in [0.717, 1.165) is 0 Å². The summed E-state index contributed by atoms with van der Waals surface area (Å²) >= 11 is 0. The quantitative estimate of drug-likeness (QED) is 0.554. The van der Waals surface area contributed by atoms with Crippen molar-refractivity contribution in [2.45, 2.75) is 65.1 Å². The molecule has 1 aliphatic rings. The SMILES string of the molecule is CC(=O)OC1C(C)OC(C)C(OC(C)=O)C1OC(C)=O. The summed E-state index contributed by atoms with van der Waals surface area (Å²) < 4.78 is 21.1. The summed E-state index contributed by atoms with van der Waals surface area (Å²) in [5.74, 6) is -1.61. The predicted molar refractivity (Wildman–Crippen MR) is 66.7 cm³/mol. The van der Waals surface area contributed by atoms with E-state index in [1.807, 2.05) is 0 Å². The Morgan fingerprint density at radius 3 is 1.30 bits per heavy atom. The topological polar surface area (TPSA) is 88.1 Å². The maximum Gasteiger partial charge on any atom is 0.303 e. The largest absolute Gasteiger partial charge is 0.456 e. The molecular formula is C13H20O7. The van der Waals surface area contributed by atoms with Crippen LogP contribution in [0.15, 0.2) is 0 Å². The highest BCUT2D eigenvalue weighted by molar-refractivity contribution is 5.68. The van der Waals surface area contributed by atoms with Gasteiger partial charge in [-0.2, -0.15) is 0 Å². The van der Waals surface area contributed by atoms with Crippen molar-refractivity contribution in [3.8, 4) is 0 Å². The number of rotatable bonds is 3. The monoisotopic (exact) mass is 288 g/mol. The Hall–Kier alpha value is -1.63. The Morgan fingerprint density at radius 1 is 0.700 bits per heavy atom. The average Bonchev–Trinajstić information content (AvgIpc) is 2.27. The minimum absolute atomic E-state index is 0.481. The van der Waals surface area contributed by atoms with Crippen molar-refractivity contribution in [3.63, 3.8) is 0 Å². The number of esters is 3. The summed E-state index contributed by atoms with van der Waals surface area (Å²) in [6, 6.07) is 0. The van der Waals surface area contributed by atoms with E-state index in [2.05, 4.69) is 0 Å². The molecular weight excluding hydrogens is 268 g/mol. The molecule has 0 aromatic carbocycles. The third-order valence-electron chi connectivity index (χ3n) is 2.91. The first-order chi connectivity index (χ1) is 9.22. The van der Waals surface area contributed by atoms with E-state index in [4.69, 9.17) is 18.9 Å². The van der Waals surface area contributed by atoms with Gasteiger partial charge in [0.1, 0.15) is 0 Å². The van der Waals surface area contributed by atoms with Crippen molar-refractivity contribution >= 4 is 17.9 Å². The Balaban J connectivity index is 3.01. The molecule has 1 heterocycles. The van der Waals surface area contributed by atoms with Crippen LogP contribution in [0.5, 0.6) is 0 Å². The molecule has 4 unspecified atom stereocenters. The van der Waals surface area contributed by atoms with E-state index < -0.39 is 48.4 Å². The van der Waals surface area contributed by atoms with Gasteiger partial charge >= 0.3 is 17.9 Å². The van der Waals surface area contributed by atoms with Crippen LogP contribution in [0.2, 0.25) is 0 Å². The molecule has 0 saturated carbocycles. The minimum atomic E-state index is -0.890. The first-order valence-corrected chi connectivity index (χ1v) is 6.39. The normalized spacial score (nSPS) is 33.1. The van der Waals surface area contributed by atoms with E-state index in [9.17, 15) is 14.4 Å². The molecule has 7 nitrogen and oxygen atoms in total. The third kappa shape index (κ3) is 4.19. The zero-order valence-electron chi connectivity index (χ0n) is 12.2. The average molecular weight is 288 g/mol. The molecule has 1 rings (SSSR count). The molecule has 4 atom stereocenters. The summed E-state index contributed by atoms with van der Waals surface area (Å²) in [5.41, 5.74) is 0. The second-order valence-electron chi connectivity index (χ2n) is 4.77.